The van der Waals surface area contributed by atoms with E-state index < -0.39 is 15.6 Å². The molecule has 1 fully saturated rings. The highest BCUT2D eigenvalue weighted by Crippen LogP contribution is 2.36. The van der Waals surface area contributed by atoms with Gasteiger partial charge in [-0.1, -0.05) is 23.2 Å². The van der Waals surface area contributed by atoms with E-state index in [0.717, 1.165) is 0 Å². The van der Waals surface area contributed by atoms with Crippen molar-refractivity contribution in [1.82, 2.24) is 4.31 Å². The van der Waals surface area contributed by atoms with E-state index in [1.807, 2.05) is 0 Å². The Hall–Kier alpha value is -0.330. The summed E-state index contributed by atoms with van der Waals surface area (Å²) >= 11 is 12.3. The zero-order valence-corrected chi connectivity index (χ0v) is 14.6. The van der Waals surface area contributed by atoms with E-state index in [1.54, 1.807) is 26.8 Å². The molecule has 0 spiro atoms. The number of rotatable bonds is 2. The molecule has 1 unspecified atom stereocenters. The quantitative estimate of drug-likeness (QED) is 0.890. The van der Waals surface area contributed by atoms with Crippen LogP contribution in [0.25, 0.3) is 0 Å². The molecule has 1 atom stereocenters. The topological polar surface area (TPSA) is 57.6 Å². The first kappa shape index (κ1) is 17.0. The third-order valence-electron chi connectivity index (χ3n) is 3.83. The molecule has 0 aliphatic carbocycles. The van der Waals surface area contributed by atoms with Crippen LogP contribution in [0, 0.1) is 13.8 Å². The number of β-amino-alcohol motifs (C(OH)–C–C–N with tert-alkyl or cyclic N) is 1. The largest absolute Gasteiger partial charge is 0.389 e. The van der Waals surface area contributed by atoms with E-state index in [9.17, 15) is 13.5 Å². The Bertz CT molecular complexity index is 645. The van der Waals surface area contributed by atoms with Gasteiger partial charge in [-0.15, -0.1) is 0 Å². The smallest absolute Gasteiger partial charge is 0.244 e. The SMILES string of the molecule is Cc1cc(Cl)c(C)c(S(=O)(=O)N2CCCC(C)(O)C2)c1Cl. The first-order chi connectivity index (χ1) is 9.56. The predicted molar refractivity (Wildman–Crippen MR) is 84.6 cm³/mol. The van der Waals surface area contributed by atoms with Gasteiger partial charge in [-0.25, -0.2) is 8.42 Å². The highest BCUT2D eigenvalue weighted by Gasteiger charge is 2.37. The van der Waals surface area contributed by atoms with Gasteiger partial charge < -0.3 is 5.11 Å². The van der Waals surface area contributed by atoms with Gasteiger partial charge in [0, 0.05) is 18.1 Å². The third kappa shape index (κ3) is 3.22. The van der Waals surface area contributed by atoms with Gasteiger partial charge >= 0.3 is 0 Å². The van der Waals surface area contributed by atoms with Crippen LogP contribution >= 0.6 is 23.2 Å². The summed E-state index contributed by atoms with van der Waals surface area (Å²) in [5, 5.41) is 10.7. The monoisotopic (exact) mass is 351 g/mol. The van der Waals surface area contributed by atoms with E-state index >= 15 is 0 Å². The summed E-state index contributed by atoms with van der Waals surface area (Å²) in [5.74, 6) is 0. The molecule has 0 saturated carbocycles. The number of sulfonamides is 1. The van der Waals surface area contributed by atoms with Gasteiger partial charge in [0.1, 0.15) is 4.90 Å². The van der Waals surface area contributed by atoms with Crippen LogP contribution in [0.2, 0.25) is 10.0 Å². The van der Waals surface area contributed by atoms with Crippen molar-refractivity contribution in [3.8, 4) is 0 Å². The Morgan fingerprint density at radius 2 is 1.95 bits per heavy atom. The van der Waals surface area contributed by atoms with Crippen molar-refractivity contribution in [2.75, 3.05) is 13.1 Å². The molecule has 0 aromatic heterocycles. The molecule has 1 aliphatic heterocycles. The molecule has 0 radical (unpaired) electrons. The molecule has 1 saturated heterocycles. The molecule has 7 heteroatoms. The Balaban J connectivity index is 2.55. The Morgan fingerprint density at radius 1 is 1.33 bits per heavy atom. The molecule has 2 rings (SSSR count). The molecule has 0 bridgehead atoms. The molecular formula is C14H19Cl2NO3S. The zero-order valence-electron chi connectivity index (χ0n) is 12.3. The van der Waals surface area contributed by atoms with E-state index in [0.29, 0.717) is 35.5 Å². The van der Waals surface area contributed by atoms with Gasteiger partial charge in [-0.2, -0.15) is 4.31 Å². The van der Waals surface area contributed by atoms with Crippen molar-refractivity contribution in [2.45, 2.75) is 44.1 Å². The zero-order chi connectivity index (χ0) is 16.0. The fourth-order valence-electron chi connectivity index (χ4n) is 2.63. The number of aliphatic hydroxyl groups is 1. The van der Waals surface area contributed by atoms with Gasteiger partial charge in [0.2, 0.25) is 10.0 Å². The first-order valence-corrected chi connectivity index (χ1v) is 8.93. The molecule has 1 N–H and O–H groups in total. The highest BCUT2D eigenvalue weighted by atomic mass is 35.5. The van der Waals surface area contributed by atoms with Crippen molar-refractivity contribution < 1.29 is 13.5 Å². The normalized spacial score (nSPS) is 24.3. The number of aryl methyl sites for hydroxylation is 1. The van der Waals surface area contributed by atoms with E-state index in [2.05, 4.69) is 0 Å². The molecule has 1 aliphatic rings. The average Bonchev–Trinajstić information content (AvgIpc) is 2.35. The third-order valence-corrected chi connectivity index (χ3v) is 6.83. The minimum atomic E-state index is -3.78. The Morgan fingerprint density at radius 3 is 2.52 bits per heavy atom. The van der Waals surface area contributed by atoms with E-state index in [4.69, 9.17) is 23.2 Å². The summed E-state index contributed by atoms with van der Waals surface area (Å²) in [7, 11) is -3.78. The lowest BCUT2D eigenvalue weighted by Gasteiger charge is -2.36. The van der Waals surface area contributed by atoms with Crippen molar-refractivity contribution in [1.29, 1.82) is 0 Å². The number of nitrogens with zero attached hydrogens (tertiary/aromatic N) is 1. The summed E-state index contributed by atoms with van der Waals surface area (Å²) in [5.41, 5.74) is 0.0476. The summed E-state index contributed by atoms with van der Waals surface area (Å²) in [6.45, 7) is 5.45. The van der Waals surface area contributed by atoms with Crippen LogP contribution in [-0.4, -0.2) is 36.5 Å². The lowest BCUT2D eigenvalue weighted by molar-refractivity contribution is 0.00939. The van der Waals surface area contributed by atoms with Crippen LogP contribution in [0.5, 0.6) is 0 Å². The fraction of sp³-hybridized carbons (Fsp3) is 0.571. The van der Waals surface area contributed by atoms with Crippen LogP contribution in [0.1, 0.15) is 30.9 Å². The number of hydrogen-bond donors (Lipinski definition) is 1. The number of hydrogen-bond acceptors (Lipinski definition) is 3. The minimum Gasteiger partial charge on any atom is -0.389 e. The predicted octanol–water partition coefficient (Wildman–Crippen LogP) is 3.15. The maximum Gasteiger partial charge on any atom is 0.244 e. The average molecular weight is 352 g/mol. The second-order valence-corrected chi connectivity index (χ2v) is 8.54. The summed E-state index contributed by atoms with van der Waals surface area (Å²) < 4.78 is 27.1. The lowest BCUT2D eigenvalue weighted by atomic mass is 9.97. The molecule has 0 amide bonds. The van der Waals surface area contributed by atoms with E-state index in [-0.39, 0.29) is 16.5 Å². The van der Waals surface area contributed by atoms with Gasteiger partial charge in [-0.05, 0) is 50.8 Å². The molecule has 1 aromatic rings. The van der Waals surface area contributed by atoms with Crippen LogP contribution in [-0.2, 0) is 10.0 Å². The van der Waals surface area contributed by atoms with Crippen molar-refractivity contribution in [3.05, 3.63) is 27.2 Å². The number of benzene rings is 1. The molecule has 1 heterocycles. The number of halogens is 2. The van der Waals surface area contributed by atoms with Gasteiger partial charge in [-0.3, -0.25) is 0 Å². The Labute approximate surface area is 135 Å². The van der Waals surface area contributed by atoms with Gasteiger partial charge in [0.25, 0.3) is 0 Å². The second kappa shape index (κ2) is 5.70. The van der Waals surface area contributed by atoms with E-state index in [1.165, 1.54) is 4.31 Å². The molecule has 118 valence electrons. The van der Waals surface area contributed by atoms with Crippen molar-refractivity contribution in [3.63, 3.8) is 0 Å². The second-order valence-electron chi connectivity index (χ2n) is 5.88. The highest BCUT2D eigenvalue weighted by molar-refractivity contribution is 7.89. The van der Waals surface area contributed by atoms with Gasteiger partial charge in [0.05, 0.1) is 10.6 Å². The van der Waals surface area contributed by atoms with Crippen molar-refractivity contribution in [2.24, 2.45) is 0 Å². The minimum absolute atomic E-state index is 0.0480. The fourth-order valence-corrected chi connectivity index (χ4v) is 5.39. The standard InChI is InChI=1S/C14H19Cl2NO3S/c1-9-7-11(15)10(2)13(12(9)16)21(19,20)17-6-4-5-14(3,18)8-17/h7,18H,4-6,8H2,1-3H3. The maximum absolute atomic E-state index is 12.9. The van der Waals surface area contributed by atoms with Crippen LogP contribution in [0.3, 0.4) is 0 Å². The van der Waals surface area contributed by atoms with Crippen molar-refractivity contribution >= 4 is 33.2 Å². The molecule has 21 heavy (non-hydrogen) atoms. The van der Waals surface area contributed by atoms with Crippen LogP contribution in [0.15, 0.2) is 11.0 Å². The molecule has 4 nitrogen and oxygen atoms in total. The molecule has 1 aromatic carbocycles. The van der Waals surface area contributed by atoms with Crippen LogP contribution in [0.4, 0.5) is 0 Å². The van der Waals surface area contributed by atoms with Gasteiger partial charge in [0.15, 0.2) is 0 Å². The molecular weight excluding hydrogens is 333 g/mol. The van der Waals surface area contributed by atoms with Crippen LogP contribution < -0.4 is 0 Å². The summed E-state index contributed by atoms with van der Waals surface area (Å²) in [6.07, 6.45) is 1.20. The summed E-state index contributed by atoms with van der Waals surface area (Å²) in [4.78, 5) is 0.0480. The Kier molecular flexibility index (Phi) is 4.63. The maximum atomic E-state index is 12.9. The summed E-state index contributed by atoms with van der Waals surface area (Å²) in [6, 6.07) is 1.66. The number of piperidine rings is 1. The first-order valence-electron chi connectivity index (χ1n) is 6.74. The lowest BCUT2D eigenvalue weighted by Crippen LogP contribution is -2.48.